The number of anilines is 2. The Morgan fingerprint density at radius 3 is 2.48 bits per heavy atom. The van der Waals surface area contributed by atoms with Gasteiger partial charge in [0.25, 0.3) is 5.91 Å². The molecule has 1 amide bonds. The van der Waals surface area contributed by atoms with Crippen molar-refractivity contribution in [1.82, 2.24) is 0 Å². The number of carbonyl (C=O) groups excluding carboxylic acids is 1. The average molecular weight is 280 g/mol. The second-order valence-electron chi connectivity index (χ2n) is 5.99. The maximum absolute atomic E-state index is 12.9. The van der Waals surface area contributed by atoms with E-state index < -0.39 is 0 Å². The molecule has 0 fully saturated rings. The van der Waals surface area contributed by atoms with E-state index in [9.17, 15) is 4.79 Å². The summed E-state index contributed by atoms with van der Waals surface area (Å²) < 4.78 is 0. The fourth-order valence-electron chi connectivity index (χ4n) is 3.20. The van der Waals surface area contributed by atoms with Crippen LogP contribution in [0.5, 0.6) is 0 Å². The second kappa shape index (κ2) is 4.92. The quantitative estimate of drug-likeness (QED) is 0.813. The topological polar surface area (TPSA) is 46.3 Å². The Labute approximate surface area is 125 Å². The summed E-state index contributed by atoms with van der Waals surface area (Å²) in [4.78, 5) is 14.8. The fraction of sp³-hybridized carbons (Fsp3) is 0.278. The van der Waals surface area contributed by atoms with E-state index in [2.05, 4.69) is 13.0 Å². The Kier molecular flexibility index (Phi) is 3.20. The van der Waals surface area contributed by atoms with Gasteiger partial charge in [-0.05, 0) is 63.1 Å². The summed E-state index contributed by atoms with van der Waals surface area (Å²) in [7, 11) is 0. The van der Waals surface area contributed by atoms with Crippen molar-refractivity contribution in [3.63, 3.8) is 0 Å². The second-order valence-corrected chi connectivity index (χ2v) is 5.99. The molecule has 2 N–H and O–H groups in total. The summed E-state index contributed by atoms with van der Waals surface area (Å²) in [5.74, 6) is 0.0674. The molecule has 1 heterocycles. The zero-order valence-corrected chi connectivity index (χ0v) is 12.7. The van der Waals surface area contributed by atoms with Crippen molar-refractivity contribution in [2.45, 2.75) is 33.2 Å². The van der Waals surface area contributed by atoms with E-state index in [-0.39, 0.29) is 11.9 Å². The van der Waals surface area contributed by atoms with E-state index in [1.807, 2.05) is 49.1 Å². The van der Waals surface area contributed by atoms with Crippen molar-refractivity contribution < 1.29 is 4.79 Å². The summed E-state index contributed by atoms with van der Waals surface area (Å²) in [5.41, 5.74) is 11.7. The predicted molar refractivity (Wildman–Crippen MR) is 86.7 cm³/mol. The lowest BCUT2D eigenvalue weighted by Gasteiger charge is -2.23. The zero-order chi connectivity index (χ0) is 15.1. The SMILES string of the molecule is Cc1cc(C)cc(C(=O)N2c3ccc(N)cc3CC2C)c1. The van der Waals surface area contributed by atoms with Crippen LogP contribution in [0.4, 0.5) is 11.4 Å². The average Bonchev–Trinajstić information content (AvgIpc) is 2.71. The summed E-state index contributed by atoms with van der Waals surface area (Å²) in [6.07, 6.45) is 0.858. The van der Waals surface area contributed by atoms with Crippen LogP contribution in [0.1, 0.15) is 34.0 Å². The van der Waals surface area contributed by atoms with E-state index in [1.54, 1.807) is 0 Å². The van der Waals surface area contributed by atoms with Crippen molar-refractivity contribution in [3.8, 4) is 0 Å². The molecule has 1 aliphatic heterocycles. The van der Waals surface area contributed by atoms with Gasteiger partial charge < -0.3 is 10.6 Å². The van der Waals surface area contributed by atoms with Crippen LogP contribution in [-0.2, 0) is 6.42 Å². The highest BCUT2D eigenvalue weighted by Gasteiger charge is 2.31. The first-order chi connectivity index (χ1) is 9.95. The van der Waals surface area contributed by atoms with E-state index in [4.69, 9.17) is 5.73 Å². The van der Waals surface area contributed by atoms with Crippen LogP contribution in [0.2, 0.25) is 0 Å². The third-order valence-corrected chi connectivity index (χ3v) is 4.01. The molecular weight excluding hydrogens is 260 g/mol. The number of hydrogen-bond acceptors (Lipinski definition) is 2. The van der Waals surface area contributed by atoms with Gasteiger partial charge in [0.2, 0.25) is 0 Å². The van der Waals surface area contributed by atoms with Crippen LogP contribution < -0.4 is 10.6 Å². The number of fused-ring (bicyclic) bond motifs is 1. The molecule has 2 aromatic carbocycles. The molecule has 0 spiro atoms. The molecule has 3 heteroatoms. The van der Waals surface area contributed by atoms with Crippen LogP contribution >= 0.6 is 0 Å². The maximum atomic E-state index is 12.9. The molecule has 1 unspecified atom stereocenters. The first-order valence-electron chi connectivity index (χ1n) is 7.26. The Hall–Kier alpha value is -2.29. The summed E-state index contributed by atoms with van der Waals surface area (Å²) in [5, 5.41) is 0. The number of aryl methyl sites for hydroxylation is 2. The highest BCUT2D eigenvalue weighted by Crippen LogP contribution is 2.34. The minimum Gasteiger partial charge on any atom is -0.399 e. The number of carbonyl (C=O) groups is 1. The van der Waals surface area contributed by atoms with Crippen molar-refractivity contribution in [2.75, 3.05) is 10.6 Å². The molecule has 2 aromatic rings. The van der Waals surface area contributed by atoms with Crippen molar-refractivity contribution in [1.29, 1.82) is 0 Å². The lowest BCUT2D eigenvalue weighted by Crippen LogP contribution is -2.35. The van der Waals surface area contributed by atoms with Gasteiger partial charge in [-0.3, -0.25) is 4.79 Å². The van der Waals surface area contributed by atoms with Gasteiger partial charge in [0.05, 0.1) is 0 Å². The van der Waals surface area contributed by atoms with E-state index in [1.165, 1.54) is 0 Å². The number of nitrogens with zero attached hydrogens (tertiary/aromatic N) is 1. The fourth-order valence-corrected chi connectivity index (χ4v) is 3.20. The number of nitrogen functional groups attached to an aromatic ring is 1. The molecule has 21 heavy (non-hydrogen) atoms. The summed E-state index contributed by atoms with van der Waals surface area (Å²) in [6, 6.07) is 11.9. The Bertz CT molecular complexity index is 701. The molecule has 1 aliphatic rings. The van der Waals surface area contributed by atoms with Gasteiger partial charge in [-0.2, -0.15) is 0 Å². The summed E-state index contributed by atoms with van der Waals surface area (Å²) >= 11 is 0. The molecule has 0 saturated carbocycles. The highest BCUT2D eigenvalue weighted by molar-refractivity contribution is 6.08. The van der Waals surface area contributed by atoms with Crippen LogP contribution in [0.3, 0.4) is 0 Å². The van der Waals surface area contributed by atoms with Crippen molar-refractivity contribution >= 4 is 17.3 Å². The molecule has 0 radical (unpaired) electrons. The monoisotopic (exact) mass is 280 g/mol. The number of nitrogens with two attached hydrogens (primary N) is 1. The molecule has 0 bridgehead atoms. The third kappa shape index (κ3) is 2.40. The lowest BCUT2D eigenvalue weighted by atomic mass is 10.1. The molecular formula is C18H20N2O. The van der Waals surface area contributed by atoms with Gasteiger partial charge >= 0.3 is 0 Å². The van der Waals surface area contributed by atoms with Gasteiger partial charge in [-0.25, -0.2) is 0 Å². The highest BCUT2D eigenvalue weighted by atomic mass is 16.2. The number of rotatable bonds is 1. The number of benzene rings is 2. The van der Waals surface area contributed by atoms with Gasteiger partial charge in [-0.1, -0.05) is 17.2 Å². The largest absolute Gasteiger partial charge is 0.399 e. The van der Waals surface area contributed by atoms with Gasteiger partial charge in [0, 0.05) is 23.0 Å². The molecule has 0 aromatic heterocycles. The smallest absolute Gasteiger partial charge is 0.258 e. The van der Waals surface area contributed by atoms with E-state index in [0.29, 0.717) is 0 Å². The minimum absolute atomic E-state index is 0.0674. The normalized spacial score (nSPS) is 16.9. The van der Waals surface area contributed by atoms with Crippen LogP contribution in [0.25, 0.3) is 0 Å². The Morgan fingerprint density at radius 2 is 1.81 bits per heavy atom. The Balaban J connectivity index is 2.02. The van der Waals surface area contributed by atoms with Gasteiger partial charge in [0.15, 0.2) is 0 Å². The molecule has 3 rings (SSSR count). The molecule has 3 nitrogen and oxygen atoms in total. The number of hydrogen-bond donors (Lipinski definition) is 1. The van der Waals surface area contributed by atoms with Crippen molar-refractivity contribution in [3.05, 3.63) is 58.7 Å². The zero-order valence-electron chi connectivity index (χ0n) is 12.7. The lowest BCUT2D eigenvalue weighted by molar-refractivity contribution is 0.0981. The molecule has 0 saturated heterocycles. The maximum Gasteiger partial charge on any atom is 0.258 e. The Morgan fingerprint density at radius 1 is 1.14 bits per heavy atom. The van der Waals surface area contributed by atoms with Gasteiger partial charge in [0.1, 0.15) is 0 Å². The summed E-state index contributed by atoms with van der Waals surface area (Å²) in [6.45, 7) is 6.12. The molecule has 1 atom stereocenters. The van der Waals surface area contributed by atoms with Crippen LogP contribution in [0, 0.1) is 13.8 Å². The number of amides is 1. The van der Waals surface area contributed by atoms with Crippen LogP contribution in [0.15, 0.2) is 36.4 Å². The first kappa shape index (κ1) is 13.7. The predicted octanol–water partition coefficient (Wildman–Crippen LogP) is 3.48. The molecule has 108 valence electrons. The third-order valence-electron chi connectivity index (χ3n) is 4.01. The van der Waals surface area contributed by atoms with E-state index in [0.717, 1.165) is 40.0 Å². The van der Waals surface area contributed by atoms with Crippen LogP contribution in [-0.4, -0.2) is 11.9 Å². The van der Waals surface area contributed by atoms with Gasteiger partial charge in [-0.15, -0.1) is 0 Å². The van der Waals surface area contributed by atoms with E-state index >= 15 is 0 Å². The van der Waals surface area contributed by atoms with Crippen molar-refractivity contribution in [2.24, 2.45) is 0 Å². The molecule has 0 aliphatic carbocycles. The minimum atomic E-state index is 0.0674. The standard InChI is InChI=1S/C18H20N2O/c1-11-6-12(2)8-15(7-11)18(21)20-13(3)9-14-10-16(19)4-5-17(14)20/h4-8,10,13H,9,19H2,1-3H3. The first-order valence-corrected chi connectivity index (χ1v) is 7.26.